The molecule has 100 valence electrons. The average Bonchev–Trinajstić information content (AvgIpc) is 2.97. The van der Waals surface area contributed by atoms with Gasteiger partial charge in [-0.05, 0) is 18.2 Å². The maximum atomic E-state index is 5.94. The maximum absolute atomic E-state index is 5.94. The predicted molar refractivity (Wildman–Crippen MR) is 71.7 cm³/mol. The predicted octanol–water partition coefficient (Wildman–Crippen LogP) is 1.78. The fourth-order valence-corrected chi connectivity index (χ4v) is 1.72. The molecule has 1 aromatic carbocycles. The van der Waals surface area contributed by atoms with E-state index in [1.165, 1.54) is 6.33 Å². The standard InChI is InChI=1S/C13H11N5O2/c1-19-8-2-3-9(10(14)6-8)13-17-12(18-20-13)11-4-5-15-7-16-11/h2-7H,14H2,1H3. The van der Waals surface area contributed by atoms with E-state index in [0.29, 0.717) is 34.4 Å². The van der Waals surface area contributed by atoms with Gasteiger partial charge >= 0.3 is 0 Å². The van der Waals surface area contributed by atoms with E-state index in [-0.39, 0.29) is 0 Å². The van der Waals surface area contributed by atoms with Crippen molar-refractivity contribution in [1.82, 2.24) is 20.1 Å². The topological polar surface area (TPSA) is 100.0 Å². The van der Waals surface area contributed by atoms with Crippen LogP contribution in [0.25, 0.3) is 23.0 Å². The van der Waals surface area contributed by atoms with Gasteiger partial charge in [0.15, 0.2) is 0 Å². The third-order valence-electron chi connectivity index (χ3n) is 2.73. The molecule has 0 fully saturated rings. The van der Waals surface area contributed by atoms with Crippen molar-refractivity contribution in [3.05, 3.63) is 36.8 Å². The Balaban J connectivity index is 1.98. The quantitative estimate of drug-likeness (QED) is 0.723. The summed E-state index contributed by atoms with van der Waals surface area (Å²) in [5.41, 5.74) is 7.68. The summed E-state index contributed by atoms with van der Waals surface area (Å²) in [6.07, 6.45) is 3.03. The first-order valence-electron chi connectivity index (χ1n) is 5.82. The molecule has 2 heterocycles. The SMILES string of the molecule is COc1ccc(-c2nc(-c3ccncn3)no2)c(N)c1. The zero-order chi connectivity index (χ0) is 13.9. The van der Waals surface area contributed by atoms with Gasteiger partial charge in [0.2, 0.25) is 5.82 Å². The molecule has 20 heavy (non-hydrogen) atoms. The van der Waals surface area contributed by atoms with Crippen LogP contribution < -0.4 is 10.5 Å². The lowest BCUT2D eigenvalue weighted by Gasteiger charge is -2.03. The van der Waals surface area contributed by atoms with Crippen molar-refractivity contribution in [2.24, 2.45) is 0 Å². The molecule has 7 heteroatoms. The van der Waals surface area contributed by atoms with Gasteiger partial charge in [0.05, 0.1) is 12.7 Å². The number of nitrogens with zero attached hydrogens (tertiary/aromatic N) is 4. The van der Waals surface area contributed by atoms with Crippen LogP contribution in [-0.4, -0.2) is 27.2 Å². The first-order chi connectivity index (χ1) is 9.78. The van der Waals surface area contributed by atoms with Crippen molar-refractivity contribution in [3.8, 4) is 28.7 Å². The summed E-state index contributed by atoms with van der Waals surface area (Å²) in [5, 5.41) is 3.88. The number of hydrogen-bond donors (Lipinski definition) is 1. The van der Waals surface area contributed by atoms with E-state index in [1.54, 1.807) is 37.6 Å². The van der Waals surface area contributed by atoms with Crippen molar-refractivity contribution in [2.75, 3.05) is 12.8 Å². The van der Waals surface area contributed by atoms with Crippen LogP contribution in [0.15, 0.2) is 41.3 Å². The van der Waals surface area contributed by atoms with Gasteiger partial charge in [-0.25, -0.2) is 9.97 Å². The minimum atomic E-state index is 0.332. The monoisotopic (exact) mass is 269 g/mol. The molecule has 0 unspecified atom stereocenters. The molecule has 3 rings (SSSR count). The minimum absolute atomic E-state index is 0.332. The lowest BCUT2D eigenvalue weighted by molar-refractivity contribution is 0.414. The molecule has 2 N–H and O–H groups in total. The largest absolute Gasteiger partial charge is 0.497 e. The highest BCUT2D eigenvalue weighted by atomic mass is 16.5. The Morgan fingerprint density at radius 2 is 2.15 bits per heavy atom. The van der Waals surface area contributed by atoms with Gasteiger partial charge < -0.3 is 15.0 Å². The van der Waals surface area contributed by atoms with Crippen LogP contribution >= 0.6 is 0 Å². The first kappa shape index (κ1) is 12.1. The van der Waals surface area contributed by atoms with Crippen LogP contribution in [0.1, 0.15) is 0 Å². The molecular weight excluding hydrogens is 258 g/mol. The molecule has 7 nitrogen and oxygen atoms in total. The van der Waals surface area contributed by atoms with Gasteiger partial charge in [0.25, 0.3) is 5.89 Å². The number of anilines is 1. The van der Waals surface area contributed by atoms with Gasteiger partial charge in [-0.2, -0.15) is 4.98 Å². The van der Waals surface area contributed by atoms with E-state index in [2.05, 4.69) is 20.1 Å². The smallest absolute Gasteiger partial charge is 0.260 e. The van der Waals surface area contributed by atoms with Crippen molar-refractivity contribution in [3.63, 3.8) is 0 Å². The van der Waals surface area contributed by atoms with Crippen LogP contribution in [0.3, 0.4) is 0 Å². The van der Waals surface area contributed by atoms with E-state index < -0.39 is 0 Å². The lowest BCUT2D eigenvalue weighted by atomic mass is 10.1. The fourth-order valence-electron chi connectivity index (χ4n) is 1.72. The van der Waals surface area contributed by atoms with Crippen LogP contribution in [0.2, 0.25) is 0 Å². The highest BCUT2D eigenvalue weighted by molar-refractivity contribution is 5.72. The molecule has 0 saturated carbocycles. The number of nitrogen functional groups attached to an aromatic ring is 1. The summed E-state index contributed by atoms with van der Waals surface area (Å²) in [4.78, 5) is 12.2. The molecule has 2 aromatic heterocycles. The first-order valence-corrected chi connectivity index (χ1v) is 5.82. The Labute approximate surface area is 114 Å². The summed E-state index contributed by atoms with van der Waals surface area (Å²) < 4.78 is 10.3. The zero-order valence-electron chi connectivity index (χ0n) is 10.6. The van der Waals surface area contributed by atoms with Crippen LogP contribution in [0, 0.1) is 0 Å². The number of nitrogens with two attached hydrogens (primary N) is 1. The number of methoxy groups -OCH3 is 1. The number of ether oxygens (including phenoxy) is 1. The molecule has 0 aliphatic heterocycles. The Morgan fingerprint density at radius 3 is 2.85 bits per heavy atom. The van der Waals surface area contributed by atoms with Crippen molar-refractivity contribution in [2.45, 2.75) is 0 Å². The van der Waals surface area contributed by atoms with Crippen molar-refractivity contribution >= 4 is 5.69 Å². The Kier molecular flexibility index (Phi) is 3.00. The molecule has 0 bridgehead atoms. The molecule has 0 amide bonds. The average molecular weight is 269 g/mol. The zero-order valence-corrected chi connectivity index (χ0v) is 10.6. The number of rotatable bonds is 3. The molecule has 3 aromatic rings. The lowest BCUT2D eigenvalue weighted by Crippen LogP contribution is -1.92. The van der Waals surface area contributed by atoms with E-state index in [0.717, 1.165) is 0 Å². The van der Waals surface area contributed by atoms with E-state index in [9.17, 15) is 0 Å². The van der Waals surface area contributed by atoms with E-state index in [4.69, 9.17) is 15.0 Å². The molecule has 0 radical (unpaired) electrons. The summed E-state index contributed by atoms with van der Waals surface area (Å²) in [6, 6.07) is 6.95. The van der Waals surface area contributed by atoms with Gasteiger partial charge in [-0.3, -0.25) is 0 Å². The summed E-state index contributed by atoms with van der Waals surface area (Å²) >= 11 is 0. The van der Waals surface area contributed by atoms with E-state index >= 15 is 0 Å². The van der Waals surface area contributed by atoms with Crippen LogP contribution in [-0.2, 0) is 0 Å². The summed E-state index contributed by atoms with van der Waals surface area (Å²) in [7, 11) is 1.58. The Bertz CT molecular complexity index is 727. The van der Waals surface area contributed by atoms with E-state index in [1.807, 2.05) is 0 Å². The van der Waals surface area contributed by atoms with Gasteiger partial charge in [-0.1, -0.05) is 5.16 Å². The Hall–Kier alpha value is -2.96. The normalized spacial score (nSPS) is 10.4. The van der Waals surface area contributed by atoms with Crippen LogP contribution in [0.5, 0.6) is 5.75 Å². The van der Waals surface area contributed by atoms with Crippen molar-refractivity contribution in [1.29, 1.82) is 0 Å². The second-order valence-electron chi connectivity index (χ2n) is 3.97. The second kappa shape index (κ2) is 4.96. The summed E-state index contributed by atoms with van der Waals surface area (Å²) in [5.74, 6) is 1.39. The minimum Gasteiger partial charge on any atom is -0.497 e. The van der Waals surface area contributed by atoms with Gasteiger partial charge in [0.1, 0.15) is 17.8 Å². The number of benzene rings is 1. The van der Waals surface area contributed by atoms with Crippen molar-refractivity contribution < 1.29 is 9.26 Å². The van der Waals surface area contributed by atoms with Crippen LogP contribution in [0.4, 0.5) is 5.69 Å². The molecule has 0 atom stereocenters. The highest BCUT2D eigenvalue weighted by Gasteiger charge is 2.14. The highest BCUT2D eigenvalue weighted by Crippen LogP contribution is 2.29. The molecular formula is C13H11N5O2. The summed E-state index contributed by atoms with van der Waals surface area (Å²) in [6.45, 7) is 0. The second-order valence-corrected chi connectivity index (χ2v) is 3.97. The maximum Gasteiger partial charge on any atom is 0.260 e. The third kappa shape index (κ3) is 2.16. The molecule has 0 aliphatic rings. The molecule has 0 spiro atoms. The molecule has 0 aliphatic carbocycles. The fraction of sp³-hybridized carbons (Fsp3) is 0.0769. The Morgan fingerprint density at radius 1 is 1.25 bits per heavy atom. The third-order valence-corrected chi connectivity index (χ3v) is 2.73. The van der Waals surface area contributed by atoms with Gasteiger partial charge in [0, 0.05) is 18.0 Å². The number of aromatic nitrogens is 4. The number of hydrogen-bond acceptors (Lipinski definition) is 7. The molecule has 0 saturated heterocycles. The van der Waals surface area contributed by atoms with Gasteiger partial charge in [-0.15, -0.1) is 0 Å².